The number of aromatic nitrogens is 2. The van der Waals surface area contributed by atoms with Gasteiger partial charge in [0, 0.05) is 25.5 Å². The number of benzene rings is 3. The molecule has 1 atom stereocenters. The Bertz CT molecular complexity index is 1520. The Morgan fingerprint density at radius 2 is 1.71 bits per heavy atom. The molecular formula is C30H32N6O5. The molecule has 3 aromatic carbocycles. The van der Waals surface area contributed by atoms with Gasteiger partial charge >= 0.3 is 0 Å². The first-order valence-corrected chi connectivity index (χ1v) is 12.9. The number of rotatable bonds is 11. The highest BCUT2D eigenvalue weighted by atomic mass is 16.5. The van der Waals surface area contributed by atoms with E-state index in [0.29, 0.717) is 35.2 Å². The first kappa shape index (κ1) is 28.8. The molecule has 0 saturated carbocycles. The number of aliphatic imine (C=N–C) groups is 1. The molecule has 0 aliphatic carbocycles. The third-order valence-electron chi connectivity index (χ3n) is 6.15. The van der Waals surface area contributed by atoms with E-state index in [1.54, 1.807) is 25.1 Å². The van der Waals surface area contributed by atoms with Gasteiger partial charge in [0.15, 0.2) is 17.5 Å². The third kappa shape index (κ3) is 8.15. The van der Waals surface area contributed by atoms with Crippen LogP contribution in [-0.4, -0.2) is 48.2 Å². The highest BCUT2D eigenvalue weighted by Gasteiger charge is 2.20. The van der Waals surface area contributed by atoms with Gasteiger partial charge in [-0.15, -0.1) is 0 Å². The van der Waals surface area contributed by atoms with Gasteiger partial charge in [0.2, 0.25) is 17.6 Å². The lowest BCUT2D eigenvalue weighted by molar-refractivity contribution is -0.123. The van der Waals surface area contributed by atoms with E-state index < -0.39 is 11.9 Å². The minimum Gasteiger partial charge on any atom is -0.493 e. The van der Waals surface area contributed by atoms with Crippen molar-refractivity contribution in [2.24, 2.45) is 10.7 Å². The number of carbonyl (C=O) groups is 2. The SMILES string of the molecule is COc1ccc(CC(=O)N=C(N)NC(Cc2ccccc2)C(=O)NCc2cccc(-c3noc(C)n3)c2)cc1OC. The van der Waals surface area contributed by atoms with E-state index in [1.165, 1.54) is 14.2 Å². The van der Waals surface area contributed by atoms with Gasteiger partial charge in [-0.25, -0.2) is 0 Å². The summed E-state index contributed by atoms with van der Waals surface area (Å²) in [6, 6.07) is 21.4. The zero-order valence-electron chi connectivity index (χ0n) is 23.1. The Kier molecular flexibility index (Phi) is 9.66. The van der Waals surface area contributed by atoms with Crippen LogP contribution in [0.2, 0.25) is 0 Å². The molecule has 11 heteroatoms. The molecule has 4 rings (SSSR count). The number of methoxy groups -OCH3 is 2. The number of nitrogens with one attached hydrogen (secondary N) is 2. The molecule has 0 saturated heterocycles. The molecule has 1 unspecified atom stereocenters. The summed E-state index contributed by atoms with van der Waals surface area (Å²) in [7, 11) is 3.06. The van der Waals surface area contributed by atoms with Crippen LogP contribution in [0, 0.1) is 6.92 Å². The summed E-state index contributed by atoms with van der Waals surface area (Å²) in [5.74, 6) is 1.07. The fraction of sp³-hybridized carbons (Fsp3) is 0.233. The van der Waals surface area contributed by atoms with Gasteiger partial charge in [-0.05, 0) is 34.9 Å². The van der Waals surface area contributed by atoms with Gasteiger partial charge < -0.3 is 30.4 Å². The Morgan fingerprint density at radius 1 is 0.951 bits per heavy atom. The second-order valence-corrected chi connectivity index (χ2v) is 9.20. The number of nitrogens with two attached hydrogens (primary N) is 1. The molecule has 0 spiro atoms. The Balaban J connectivity index is 1.43. The lowest BCUT2D eigenvalue weighted by Crippen LogP contribution is -2.50. The van der Waals surface area contributed by atoms with Crippen LogP contribution in [0.15, 0.2) is 82.3 Å². The van der Waals surface area contributed by atoms with E-state index >= 15 is 0 Å². The summed E-state index contributed by atoms with van der Waals surface area (Å²) in [6.07, 6.45) is 0.323. The topological polar surface area (TPSA) is 154 Å². The zero-order valence-corrected chi connectivity index (χ0v) is 23.1. The maximum absolute atomic E-state index is 13.3. The van der Waals surface area contributed by atoms with Crippen LogP contribution in [0.1, 0.15) is 22.6 Å². The van der Waals surface area contributed by atoms with Crippen molar-refractivity contribution in [3.63, 3.8) is 0 Å². The molecule has 0 aliphatic heterocycles. The second-order valence-electron chi connectivity index (χ2n) is 9.20. The van der Waals surface area contributed by atoms with Gasteiger partial charge in [0.1, 0.15) is 6.04 Å². The van der Waals surface area contributed by atoms with Crippen LogP contribution in [0.25, 0.3) is 11.4 Å². The van der Waals surface area contributed by atoms with Crippen molar-refractivity contribution in [2.75, 3.05) is 14.2 Å². The quantitative estimate of drug-likeness (QED) is 0.187. The minimum atomic E-state index is -0.780. The van der Waals surface area contributed by atoms with E-state index in [0.717, 1.165) is 16.7 Å². The van der Waals surface area contributed by atoms with Crippen molar-refractivity contribution in [3.05, 3.63) is 95.4 Å². The first-order valence-electron chi connectivity index (χ1n) is 12.9. The molecule has 4 N–H and O–H groups in total. The molecule has 11 nitrogen and oxygen atoms in total. The van der Waals surface area contributed by atoms with Gasteiger partial charge in [-0.1, -0.05) is 59.8 Å². The van der Waals surface area contributed by atoms with Crippen LogP contribution in [-0.2, 0) is 29.0 Å². The predicted octanol–water partition coefficient (Wildman–Crippen LogP) is 2.96. The number of aryl methyl sites for hydroxylation is 1. The van der Waals surface area contributed by atoms with Crippen molar-refractivity contribution in [1.29, 1.82) is 0 Å². The van der Waals surface area contributed by atoms with Crippen LogP contribution >= 0.6 is 0 Å². The average molecular weight is 557 g/mol. The number of ether oxygens (including phenoxy) is 2. The number of guanidine groups is 1. The lowest BCUT2D eigenvalue weighted by atomic mass is 10.0. The molecule has 1 heterocycles. The summed E-state index contributed by atoms with van der Waals surface area (Å²) in [4.78, 5) is 34.2. The molecule has 0 aliphatic rings. The number of hydrogen-bond acceptors (Lipinski definition) is 7. The van der Waals surface area contributed by atoms with Crippen molar-refractivity contribution in [2.45, 2.75) is 32.4 Å². The van der Waals surface area contributed by atoms with Gasteiger partial charge in [0.25, 0.3) is 5.91 Å². The van der Waals surface area contributed by atoms with E-state index in [2.05, 4.69) is 25.8 Å². The zero-order chi connectivity index (χ0) is 29.2. The maximum atomic E-state index is 13.3. The van der Waals surface area contributed by atoms with Crippen LogP contribution in [0.5, 0.6) is 11.5 Å². The predicted molar refractivity (Wildman–Crippen MR) is 153 cm³/mol. The number of amides is 2. The van der Waals surface area contributed by atoms with Crippen LogP contribution < -0.4 is 25.8 Å². The molecule has 2 amide bonds. The fourth-order valence-electron chi connectivity index (χ4n) is 4.16. The van der Waals surface area contributed by atoms with E-state index in [1.807, 2.05) is 54.6 Å². The number of nitrogens with zero attached hydrogens (tertiary/aromatic N) is 3. The largest absolute Gasteiger partial charge is 0.493 e. The third-order valence-corrected chi connectivity index (χ3v) is 6.15. The monoisotopic (exact) mass is 556 g/mol. The van der Waals surface area contributed by atoms with Gasteiger partial charge in [-0.3, -0.25) is 9.59 Å². The number of hydrogen-bond donors (Lipinski definition) is 3. The maximum Gasteiger partial charge on any atom is 0.253 e. The van der Waals surface area contributed by atoms with Gasteiger partial charge in [-0.2, -0.15) is 9.98 Å². The van der Waals surface area contributed by atoms with Crippen LogP contribution in [0.3, 0.4) is 0 Å². The summed E-state index contributed by atoms with van der Waals surface area (Å²) in [5, 5.41) is 9.80. The molecule has 0 radical (unpaired) electrons. The average Bonchev–Trinajstić information content (AvgIpc) is 3.42. The van der Waals surface area contributed by atoms with Crippen molar-refractivity contribution < 1.29 is 23.6 Å². The van der Waals surface area contributed by atoms with E-state index in [-0.39, 0.29) is 24.8 Å². The molecule has 0 fully saturated rings. The Morgan fingerprint density at radius 3 is 2.41 bits per heavy atom. The fourth-order valence-corrected chi connectivity index (χ4v) is 4.16. The lowest BCUT2D eigenvalue weighted by Gasteiger charge is -2.19. The van der Waals surface area contributed by atoms with Crippen molar-refractivity contribution >= 4 is 17.8 Å². The number of carbonyl (C=O) groups excluding carboxylic acids is 2. The standard InChI is InChI=1S/C30H32N6O5/c1-19-33-28(36-41-19)23-11-7-10-22(14-23)18-32-29(38)24(15-20-8-5-4-6-9-20)34-30(31)35-27(37)17-21-12-13-25(39-2)26(16-21)40-3/h4-14,16,24H,15,17-18H2,1-3H3,(H,32,38)(H3,31,34,35,37). The Hall–Kier alpha value is -5.19. The summed E-state index contributed by atoms with van der Waals surface area (Å²) in [5.41, 5.74) is 9.31. The Labute approximate surface area is 237 Å². The second kappa shape index (κ2) is 13.7. The summed E-state index contributed by atoms with van der Waals surface area (Å²) in [6.45, 7) is 1.98. The molecule has 212 valence electrons. The van der Waals surface area contributed by atoms with E-state index in [9.17, 15) is 9.59 Å². The summed E-state index contributed by atoms with van der Waals surface area (Å²) >= 11 is 0. The first-order chi connectivity index (χ1) is 19.8. The highest BCUT2D eigenvalue weighted by molar-refractivity contribution is 5.95. The highest BCUT2D eigenvalue weighted by Crippen LogP contribution is 2.27. The molecule has 41 heavy (non-hydrogen) atoms. The molecule has 4 aromatic rings. The minimum absolute atomic E-state index is 0.00543. The molecule has 0 bridgehead atoms. The molecule has 1 aromatic heterocycles. The van der Waals surface area contributed by atoms with Gasteiger partial charge in [0.05, 0.1) is 20.6 Å². The van der Waals surface area contributed by atoms with Crippen molar-refractivity contribution in [1.82, 2.24) is 20.8 Å². The van der Waals surface area contributed by atoms with E-state index in [4.69, 9.17) is 19.7 Å². The summed E-state index contributed by atoms with van der Waals surface area (Å²) < 4.78 is 15.6. The smallest absolute Gasteiger partial charge is 0.253 e. The normalized spacial score (nSPS) is 11.9. The molecular weight excluding hydrogens is 524 g/mol. The van der Waals surface area contributed by atoms with Crippen molar-refractivity contribution in [3.8, 4) is 22.9 Å². The van der Waals surface area contributed by atoms with Crippen LogP contribution in [0.4, 0.5) is 0 Å².